The maximum absolute atomic E-state index is 10.1. The minimum absolute atomic E-state index is 0. The summed E-state index contributed by atoms with van der Waals surface area (Å²) in [6.45, 7) is 3.98. The Morgan fingerprint density at radius 2 is 1.95 bits per heavy atom. The summed E-state index contributed by atoms with van der Waals surface area (Å²) in [7, 11) is 1.66. The molecule has 124 valence electrons. The molecule has 22 heavy (non-hydrogen) atoms. The molecular weight excluding hydrogens is 393 g/mol. The third-order valence-corrected chi connectivity index (χ3v) is 3.79. The van der Waals surface area contributed by atoms with Gasteiger partial charge in [0.1, 0.15) is 5.75 Å². The molecule has 0 heterocycles. The second-order valence-electron chi connectivity index (χ2n) is 5.47. The number of aliphatic hydroxyl groups is 1. The van der Waals surface area contributed by atoms with E-state index in [4.69, 9.17) is 4.74 Å². The van der Waals surface area contributed by atoms with Crippen LogP contribution in [0.3, 0.4) is 0 Å². The summed E-state index contributed by atoms with van der Waals surface area (Å²) in [5.74, 6) is 1.59. The third kappa shape index (κ3) is 5.64. The molecule has 0 bridgehead atoms. The first kappa shape index (κ1) is 19.0. The zero-order valence-corrected chi connectivity index (χ0v) is 15.6. The lowest BCUT2D eigenvalue weighted by Gasteiger charge is -2.36. The van der Waals surface area contributed by atoms with Crippen molar-refractivity contribution in [3.8, 4) is 5.75 Å². The van der Waals surface area contributed by atoms with Gasteiger partial charge in [0, 0.05) is 13.1 Å². The number of rotatable bonds is 6. The van der Waals surface area contributed by atoms with Crippen molar-refractivity contribution in [3.63, 3.8) is 0 Å². The molecule has 0 amide bonds. The third-order valence-electron chi connectivity index (χ3n) is 3.79. The molecule has 3 N–H and O–H groups in total. The molecule has 1 saturated carbocycles. The van der Waals surface area contributed by atoms with Crippen LogP contribution in [-0.2, 0) is 6.54 Å². The van der Waals surface area contributed by atoms with Crippen molar-refractivity contribution in [2.75, 3.05) is 20.2 Å². The van der Waals surface area contributed by atoms with Crippen molar-refractivity contribution in [3.05, 3.63) is 29.8 Å². The maximum Gasteiger partial charge on any atom is 0.191 e. The van der Waals surface area contributed by atoms with Gasteiger partial charge in [0.25, 0.3) is 0 Å². The summed E-state index contributed by atoms with van der Waals surface area (Å²) in [6, 6.07) is 7.88. The van der Waals surface area contributed by atoms with Crippen molar-refractivity contribution in [1.82, 2.24) is 10.6 Å². The fraction of sp³-hybridized carbons (Fsp3) is 0.562. The van der Waals surface area contributed by atoms with Crippen molar-refractivity contribution < 1.29 is 9.84 Å². The number of nitrogens with zero attached hydrogens (tertiary/aromatic N) is 1. The summed E-state index contributed by atoms with van der Waals surface area (Å²) < 4.78 is 5.14. The van der Waals surface area contributed by atoms with E-state index in [1.54, 1.807) is 7.11 Å². The van der Waals surface area contributed by atoms with Gasteiger partial charge >= 0.3 is 0 Å². The summed E-state index contributed by atoms with van der Waals surface area (Å²) in [5, 5.41) is 16.5. The van der Waals surface area contributed by atoms with Gasteiger partial charge in [-0.3, -0.25) is 0 Å². The van der Waals surface area contributed by atoms with Gasteiger partial charge in [0.2, 0.25) is 0 Å². The van der Waals surface area contributed by atoms with Crippen LogP contribution in [0.25, 0.3) is 0 Å². The van der Waals surface area contributed by atoms with E-state index in [9.17, 15) is 5.11 Å². The van der Waals surface area contributed by atoms with Crippen molar-refractivity contribution in [2.24, 2.45) is 4.99 Å². The number of aliphatic imine (C=N–C) groups is 1. The number of methoxy groups -OCH3 is 1. The molecule has 1 aromatic carbocycles. The number of guanidine groups is 1. The van der Waals surface area contributed by atoms with E-state index < -0.39 is 5.60 Å². The lowest BCUT2D eigenvalue weighted by Crippen LogP contribution is -2.50. The first-order chi connectivity index (χ1) is 10.1. The van der Waals surface area contributed by atoms with Crippen LogP contribution < -0.4 is 15.4 Å². The number of halogens is 1. The van der Waals surface area contributed by atoms with Crippen LogP contribution in [0.1, 0.15) is 31.7 Å². The largest absolute Gasteiger partial charge is 0.497 e. The van der Waals surface area contributed by atoms with Crippen LogP contribution in [0.2, 0.25) is 0 Å². The highest BCUT2D eigenvalue weighted by molar-refractivity contribution is 14.0. The SMILES string of the molecule is CCNC(=NCc1ccc(OC)cc1)NCC1(O)CCC1.I. The van der Waals surface area contributed by atoms with Gasteiger partial charge < -0.3 is 20.5 Å². The first-order valence-electron chi connectivity index (χ1n) is 7.53. The number of hydrogen-bond donors (Lipinski definition) is 3. The van der Waals surface area contributed by atoms with E-state index in [1.807, 2.05) is 31.2 Å². The number of benzene rings is 1. The highest BCUT2D eigenvalue weighted by atomic mass is 127. The highest BCUT2D eigenvalue weighted by Crippen LogP contribution is 2.30. The summed E-state index contributed by atoms with van der Waals surface area (Å²) >= 11 is 0. The second kappa shape index (κ2) is 9.19. The van der Waals surface area contributed by atoms with Crippen LogP contribution in [-0.4, -0.2) is 36.9 Å². The average molecular weight is 419 g/mol. The van der Waals surface area contributed by atoms with E-state index in [2.05, 4.69) is 15.6 Å². The van der Waals surface area contributed by atoms with Crippen LogP contribution in [0, 0.1) is 0 Å². The van der Waals surface area contributed by atoms with E-state index >= 15 is 0 Å². The molecule has 0 saturated heterocycles. The van der Waals surface area contributed by atoms with Gasteiger partial charge in [-0.2, -0.15) is 0 Å². The van der Waals surface area contributed by atoms with Gasteiger partial charge in [0.05, 0.1) is 19.3 Å². The summed E-state index contributed by atoms with van der Waals surface area (Å²) in [5.41, 5.74) is 0.575. The van der Waals surface area contributed by atoms with Crippen LogP contribution >= 0.6 is 24.0 Å². The Bertz CT molecular complexity index is 473. The quantitative estimate of drug-likeness (QED) is 0.376. The minimum Gasteiger partial charge on any atom is -0.497 e. The number of nitrogens with one attached hydrogen (secondary N) is 2. The molecule has 0 atom stereocenters. The Balaban J connectivity index is 0.00000242. The highest BCUT2D eigenvalue weighted by Gasteiger charge is 2.34. The minimum atomic E-state index is -0.545. The van der Waals surface area contributed by atoms with Crippen molar-refractivity contribution >= 4 is 29.9 Å². The lowest BCUT2D eigenvalue weighted by molar-refractivity contribution is -0.0279. The maximum atomic E-state index is 10.1. The molecule has 0 radical (unpaired) electrons. The molecule has 1 aromatic rings. The Morgan fingerprint density at radius 1 is 1.27 bits per heavy atom. The molecule has 1 aliphatic carbocycles. The van der Waals surface area contributed by atoms with Crippen LogP contribution in [0.4, 0.5) is 0 Å². The molecular formula is C16H26IN3O2. The molecule has 2 rings (SSSR count). The monoisotopic (exact) mass is 419 g/mol. The second-order valence-corrected chi connectivity index (χ2v) is 5.47. The predicted molar refractivity (Wildman–Crippen MR) is 100 cm³/mol. The zero-order valence-electron chi connectivity index (χ0n) is 13.3. The van der Waals surface area contributed by atoms with Crippen molar-refractivity contribution in [1.29, 1.82) is 0 Å². The normalized spacial score (nSPS) is 16.2. The van der Waals surface area contributed by atoms with Crippen molar-refractivity contribution in [2.45, 2.75) is 38.3 Å². The Morgan fingerprint density at radius 3 is 2.45 bits per heavy atom. The van der Waals surface area contributed by atoms with E-state index in [1.165, 1.54) is 0 Å². The Labute approximate surface area is 149 Å². The van der Waals surface area contributed by atoms with Gasteiger partial charge in [-0.15, -0.1) is 24.0 Å². The topological polar surface area (TPSA) is 65.9 Å². The first-order valence-corrected chi connectivity index (χ1v) is 7.53. The van der Waals surface area contributed by atoms with Gasteiger partial charge in [-0.25, -0.2) is 4.99 Å². The fourth-order valence-electron chi connectivity index (χ4n) is 2.25. The number of hydrogen-bond acceptors (Lipinski definition) is 3. The zero-order chi connectivity index (χ0) is 15.1. The van der Waals surface area contributed by atoms with Gasteiger partial charge in [-0.05, 0) is 43.9 Å². The predicted octanol–water partition coefficient (Wildman–Crippen LogP) is 2.28. The molecule has 0 unspecified atom stereocenters. The molecule has 1 fully saturated rings. The van der Waals surface area contributed by atoms with Crippen LogP contribution in [0.5, 0.6) is 5.75 Å². The van der Waals surface area contributed by atoms with E-state index in [-0.39, 0.29) is 24.0 Å². The molecule has 0 aromatic heterocycles. The summed E-state index contributed by atoms with van der Waals surface area (Å²) in [4.78, 5) is 4.54. The Kier molecular flexibility index (Phi) is 7.95. The van der Waals surface area contributed by atoms with E-state index in [0.717, 1.165) is 43.1 Å². The standard InChI is InChI=1S/C16H25N3O2.HI/c1-3-17-15(19-12-16(20)9-4-10-16)18-11-13-5-7-14(21-2)8-6-13;/h5-8,20H,3-4,9-12H2,1-2H3,(H2,17,18,19);1H. The molecule has 0 aliphatic heterocycles. The molecule has 1 aliphatic rings. The smallest absolute Gasteiger partial charge is 0.191 e. The van der Waals surface area contributed by atoms with E-state index in [0.29, 0.717) is 13.1 Å². The number of ether oxygens (including phenoxy) is 1. The molecule has 0 spiro atoms. The van der Waals surface area contributed by atoms with Gasteiger partial charge in [-0.1, -0.05) is 12.1 Å². The molecule has 5 nitrogen and oxygen atoms in total. The average Bonchev–Trinajstić information content (AvgIpc) is 2.48. The Hall–Kier alpha value is -1.02. The fourth-order valence-corrected chi connectivity index (χ4v) is 2.25. The molecule has 6 heteroatoms. The summed E-state index contributed by atoms with van der Waals surface area (Å²) in [6.07, 6.45) is 2.85. The van der Waals surface area contributed by atoms with Gasteiger partial charge in [0.15, 0.2) is 5.96 Å². The lowest BCUT2D eigenvalue weighted by atomic mass is 9.80. The van der Waals surface area contributed by atoms with Crippen LogP contribution in [0.15, 0.2) is 29.3 Å².